The van der Waals surface area contributed by atoms with Crippen molar-refractivity contribution in [3.63, 3.8) is 0 Å². The van der Waals surface area contributed by atoms with Crippen molar-refractivity contribution in [3.8, 4) is 11.5 Å². The van der Waals surface area contributed by atoms with Gasteiger partial charge in [0.2, 0.25) is 0 Å². The molecular formula is C26H26ClN3O4. The number of phenolic OH excluding ortho intramolecular Hbond substituents is 1. The summed E-state index contributed by atoms with van der Waals surface area (Å²) >= 11 is 5.86. The fourth-order valence-electron chi connectivity index (χ4n) is 4.22. The van der Waals surface area contributed by atoms with Crippen LogP contribution < -0.4 is 10.2 Å². The molecule has 8 heteroatoms. The summed E-state index contributed by atoms with van der Waals surface area (Å²) in [5, 5.41) is 15.4. The molecule has 34 heavy (non-hydrogen) atoms. The SMILES string of the molecule is CCC1CCCN1C(=O)COc1ccc(/C=N/NC(=O)c2ccc(O)c(Cl)c2)c2ccccc12. The zero-order valence-corrected chi connectivity index (χ0v) is 19.6. The molecule has 4 rings (SSSR count). The summed E-state index contributed by atoms with van der Waals surface area (Å²) in [4.78, 5) is 26.9. The first-order chi connectivity index (χ1) is 16.5. The molecule has 1 saturated heterocycles. The first-order valence-electron chi connectivity index (χ1n) is 11.2. The first kappa shape index (κ1) is 23.6. The van der Waals surface area contributed by atoms with E-state index in [4.69, 9.17) is 16.3 Å². The van der Waals surface area contributed by atoms with Crippen molar-refractivity contribution in [2.45, 2.75) is 32.2 Å². The number of likely N-dealkylation sites (tertiary alicyclic amines) is 1. The Morgan fingerprint density at radius 1 is 1.21 bits per heavy atom. The lowest BCUT2D eigenvalue weighted by Gasteiger charge is -2.23. The molecule has 0 aliphatic carbocycles. The molecule has 0 aromatic heterocycles. The highest BCUT2D eigenvalue weighted by atomic mass is 35.5. The number of phenols is 1. The van der Waals surface area contributed by atoms with E-state index in [-0.39, 0.29) is 28.8 Å². The van der Waals surface area contributed by atoms with Crippen molar-refractivity contribution >= 4 is 40.4 Å². The number of rotatable bonds is 7. The van der Waals surface area contributed by atoms with Gasteiger partial charge in [0.1, 0.15) is 11.5 Å². The van der Waals surface area contributed by atoms with Gasteiger partial charge in [-0.25, -0.2) is 5.43 Å². The predicted molar refractivity (Wildman–Crippen MR) is 133 cm³/mol. The van der Waals surface area contributed by atoms with Gasteiger partial charge in [-0.05, 0) is 55.0 Å². The number of ether oxygens (including phenoxy) is 1. The third-order valence-corrected chi connectivity index (χ3v) is 6.32. The van der Waals surface area contributed by atoms with Crippen molar-refractivity contribution in [1.29, 1.82) is 0 Å². The van der Waals surface area contributed by atoms with Crippen LogP contribution in [0.4, 0.5) is 0 Å². The van der Waals surface area contributed by atoms with Crippen molar-refractivity contribution < 1.29 is 19.4 Å². The molecule has 0 radical (unpaired) electrons. The minimum Gasteiger partial charge on any atom is -0.506 e. The summed E-state index contributed by atoms with van der Waals surface area (Å²) in [6.45, 7) is 2.89. The van der Waals surface area contributed by atoms with Gasteiger partial charge >= 0.3 is 0 Å². The molecule has 1 fully saturated rings. The fraction of sp³-hybridized carbons (Fsp3) is 0.269. The van der Waals surface area contributed by atoms with E-state index in [1.807, 2.05) is 35.2 Å². The fourth-order valence-corrected chi connectivity index (χ4v) is 4.40. The Balaban J connectivity index is 1.46. The monoisotopic (exact) mass is 479 g/mol. The smallest absolute Gasteiger partial charge is 0.271 e. The lowest BCUT2D eigenvalue weighted by Crippen LogP contribution is -2.38. The van der Waals surface area contributed by atoms with Gasteiger partial charge in [0, 0.05) is 29.1 Å². The minimum absolute atomic E-state index is 0.000816. The molecule has 1 aliphatic heterocycles. The number of halogens is 1. The number of hydrazone groups is 1. The molecule has 0 bridgehead atoms. The van der Waals surface area contributed by atoms with E-state index in [0.717, 1.165) is 42.1 Å². The van der Waals surface area contributed by atoms with Gasteiger partial charge in [-0.3, -0.25) is 9.59 Å². The molecule has 1 heterocycles. The van der Waals surface area contributed by atoms with Gasteiger partial charge in [-0.2, -0.15) is 5.10 Å². The molecule has 176 valence electrons. The molecule has 1 atom stereocenters. The number of hydrogen-bond donors (Lipinski definition) is 2. The van der Waals surface area contributed by atoms with Crippen LogP contribution in [-0.4, -0.2) is 47.2 Å². The third kappa shape index (κ3) is 5.15. The van der Waals surface area contributed by atoms with Gasteiger partial charge < -0.3 is 14.7 Å². The predicted octanol–water partition coefficient (Wildman–Crippen LogP) is 4.74. The molecule has 7 nitrogen and oxygen atoms in total. The van der Waals surface area contributed by atoms with Gasteiger partial charge in [0.15, 0.2) is 6.61 Å². The lowest BCUT2D eigenvalue weighted by molar-refractivity contribution is -0.134. The largest absolute Gasteiger partial charge is 0.506 e. The van der Waals surface area contributed by atoms with Crippen LogP contribution >= 0.6 is 11.6 Å². The van der Waals surface area contributed by atoms with Crippen molar-refractivity contribution in [3.05, 3.63) is 70.7 Å². The Labute approximate surface area is 203 Å². The number of nitrogens with one attached hydrogen (secondary N) is 1. The minimum atomic E-state index is -0.451. The number of benzene rings is 3. The molecule has 3 aromatic carbocycles. The normalized spacial score (nSPS) is 15.7. The maximum absolute atomic E-state index is 12.7. The van der Waals surface area contributed by atoms with Crippen molar-refractivity contribution in [2.24, 2.45) is 5.10 Å². The van der Waals surface area contributed by atoms with E-state index in [9.17, 15) is 14.7 Å². The van der Waals surface area contributed by atoms with Crippen molar-refractivity contribution in [1.82, 2.24) is 10.3 Å². The molecule has 2 amide bonds. The number of amides is 2. The molecule has 1 unspecified atom stereocenters. The molecule has 3 aromatic rings. The second-order valence-electron chi connectivity index (χ2n) is 8.14. The Kier molecular flexibility index (Phi) is 7.33. The second-order valence-corrected chi connectivity index (χ2v) is 8.55. The number of nitrogens with zero attached hydrogens (tertiary/aromatic N) is 2. The van der Waals surface area contributed by atoms with Crippen LogP contribution in [0.1, 0.15) is 42.1 Å². The summed E-state index contributed by atoms with van der Waals surface area (Å²) < 4.78 is 5.92. The van der Waals surface area contributed by atoms with E-state index >= 15 is 0 Å². The first-order valence-corrected chi connectivity index (χ1v) is 11.6. The Hall–Kier alpha value is -3.58. The van der Waals surface area contributed by atoms with Crippen LogP contribution in [0.2, 0.25) is 5.02 Å². The van der Waals surface area contributed by atoms with E-state index < -0.39 is 5.91 Å². The van der Waals surface area contributed by atoms with Crippen LogP contribution in [-0.2, 0) is 4.79 Å². The van der Waals surface area contributed by atoms with Crippen LogP contribution in [0.5, 0.6) is 11.5 Å². The van der Waals surface area contributed by atoms with E-state index in [1.54, 1.807) is 12.3 Å². The third-order valence-electron chi connectivity index (χ3n) is 6.02. The van der Waals surface area contributed by atoms with E-state index in [2.05, 4.69) is 17.5 Å². The maximum atomic E-state index is 12.7. The Morgan fingerprint density at radius 3 is 2.76 bits per heavy atom. The van der Waals surface area contributed by atoms with Gasteiger partial charge in [0.05, 0.1) is 11.2 Å². The zero-order chi connectivity index (χ0) is 24.1. The average molecular weight is 480 g/mol. The van der Waals surface area contributed by atoms with Crippen molar-refractivity contribution in [2.75, 3.05) is 13.2 Å². The van der Waals surface area contributed by atoms with Gasteiger partial charge in [0.25, 0.3) is 11.8 Å². The highest BCUT2D eigenvalue weighted by Crippen LogP contribution is 2.28. The van der Waals surface area contributed by atoms with Gasteiger partial charge in [-0.15, -0.1) is 0 Å². The Bertz CT molecular complexity index is 1240. The van der Waals surface area contributed by atoms with Gasteiger partial charge in [-0.1, -0.05) is 42.8 Å². The molecule has 1 aliphatic rings. The topological polar surface area (TPSA) is 91.2 Å². The highest BCUT2D eigenvalue weighted by Gasteiger charge is 2.27. The number of fused-ring (bicyclic) bond motifs is 1. The maximum Gasteiger partial charge on any atom is 0.271 e. The number of carbonyl (C=O) groups is 2. The van der Waals surface area contributed by atoms with Crippen LogP contribution in [0.15, 0.2) is 59.7 Å². The van der Waals surface area contributed by atoms with E-state index in [0.29, 0.717) is 11.8 Å². The lowest BCUT2D eigenvalue weighted by atomic mass is 10.0. The molecule has 0 spiro atoms. The summed E-state index contributed by atoms with van der Waals surface area (Å²) in [5.74, 6) is 0.0863. The number of carbonyl (C=O) groups excluding carboxylic acids is 2. The summed E-state index contributed by atoms with van der Waals surface area (Å²) in [6.07, 6.45) is 4.60. The summed E-state index contributed by atoms with van der Waals surface area (Å²) in [6, 6.07) is 15.8. The van der Waals surface area contributed by atoms with Crippen LogP contribution in [0, 0.1) is 0 Å². The summed E-state index contributed by atoms with van der Waals surface area (Å²) in [5.41, 5.74) is 3.52. The zero-order valence-electron chi connectivity index (χ0n) is 18.8. The standard InChI is InChI=1S/C26H26ClN3O4/c1-2-19-6-5-13-30(19)25(32)16-34-24-12-10-18(20-7-3-4-8-21(20)24)15-28-29-26(33)17-9-11-23(31)22(27)14-17/h3-4,7-12,14-15,19,31H,2,5-6,13,16H2,1H3,(H,29,33)/b28-15+. The van der Waals surface area contributed by atoms with Crippen LogP contribution in [0.25, 0.3) is 10.8 Å². The second kappa shape index (κ2) is 10.6. The Morgan fingerprint density at radius 2 is 2.00 bits per heavy atom. The quantitative estimate of drug-likeness (QED) is 0.378. The highest BCUT2D eigenvalue weighted by molar-refractivity contribution is 6.32. The van der Waals surface area contributed by atoms with Crippen LogP contribution in [0.3, 0.4) is 0 Å². The molecule has 2 N–H and O–H groups in total. The summed E-state index contributed by atoms with van der Waals surface area (Å²) in [7, 11) is 0. The van der Waals surface area contributed by atoms with E-state index in [1.165, 1.54) is 18.2 Å². The average Bonchev–Trinajstić information content (AvgIpc) is 3.34. The number of hydrogen-bond acceptors (Lipinski definition) is 5. The molecular weight excluding hydrogens is 454 g/mol. The molecule has 0 saturated carbocycles. The number of aromatic hydroxyl groups is 1.